The maximum Gasteiger partial charge on any atom is 0.263 e. The third-order valence-electron chi connectivity index (χ3n) is 4.39. The van der Waals surface area contributed by atoms with E-state index in [4.69, 9.17) is 0 Å². The summed E-state index contributed by atoms with van der Waals surface area (Å²) in [5, 5.41) is 0. The molecule has 4 heteroatoms. The third kappa shape index (κ3) is 2.08. The SMILES string of the molecule is C=CCC12CC1C=CN(S(=O)(=O)c1ccc(C)cc1)C2. The van der Waals surface area contributed by atoms with Crippen LogP contribution in [0, 0.1) is 18.3 Å². The van der Waals surface area contributed by atoms with Gasteiger partial charge in [-0.3, -0.25) is 4.31 Å². The first-order valence-electron chi connectivity index (χ1n) is 6.86. The average Bonchev–Trinajstić information content (AvgIpc) is 3.12. The summed E-state index contributed by atoms with van der Waals surface area (Å²) in [6.07, 6.45) is 7.60. The molecule has 20 heavy (non-hydrogen) atoms. The van der Waals surface area contributed by atoms with Gasteiger partial charge in [0.25, 0.3) is 10.0 Å². The lowest BCUT2D eigenvalue weighted by Crippen LogP contribution is -2.34. The second kappa shape index (κ2) is 4.48. The number of allylic oxidation sites excluding steroid dienone is 2. The topological polar surface area (TPSA) is 37.4 Å². The minimum absolute atomic E-state index is 0.0915. The zero-order chi connectivity index (χ0) is 14.4. The summed E-state index contributed by atoms with van der Waals surface area (Å²) in [5.74, 6) is 0.518. The molecule has 1 aliphatic carbocycles. The van der Waals surface area contributed by atoms with E-state index in [1.165, 1.54) is 4.31 Å². The van der Waals surface area contributed by atoms with Crippen LogP contribution in [-0.2, 0) is 10.0 Å². The summed E-state index contributed by atoms with van der Waals surface area (Å²) in [7, 11) is -3.43. The minimum atomic E-state index is -3.43. The van der Waals surface area contributed by atoms with Crippen molar-refractivity contribution in [1.82, 2.24) is 4.31 Å². The third-order valence-corrected chi connectivity index (χ3v) is 6.12. The molecule has 0 radical (unpaired) electrons. The van der Waals surface area contributed by atoms with Gasteiger partial charge in [0.15, 0.2) is 0 Å². The highest BCUT2D eigenvalue weighted by atomic mass is 32.2. The van der Waals surface area contributed by atoms with Crippen molar-refractivity contribution in [2.24, 2.45) is 11.3 Å². The van der Waals surface area contributed by atoms with Crippen molar-refractivity contribution in [3.63, 3.8) is 0 Å². The van der Waals surface area contributed by atoms with E-state index >= 15 is 0 Å². The van der Waals surface area contributed by atoms with E-state index in [1.807, 2.05) is 31.2 Å². The van der Waals surface area contributed by atoms with Gasteiger partial charge in [-0.05, 0) is 43.2 Å². The number of sulfonamides is 1. The van der Waals surface area contributed by atoms with Gasteiger partial charge in [0.2, 0.25) is 0 Å². The van der Waals surface area contributed by atoms with Crippen molar-refractivity contribution in [3.8, 4) is 0 Å². The summed E-state index contributed by atoms with van der Waals surface area (Å²) >= 11 is 0. The van der Waals surface area contributed by atoms with Gasteiger partial charge in [-0.25, -0.2) is 8.42 Å². The fourth-order valence-corrected chi connectivity index (χ4v) is 4.40. The predicted octanol–water partition coefficient (Wildman–Crippen LogP) is 3.10. The Morgan fingerprint density at radius 3 is 2.75 bits per heavy atom. The van der Waals surface area contributed by atoms with E-state index in [0.717, 1.165) is 18.4 Å². The van der Waals surface area contributed by atoms with Crippen LogP contribution in [-0.4, -0.2) is 19.3 Å². The Morgan fingerprint density at radius 1 is 1.40 bits per heavy atom. The summed E-state index contributed by atoms with van der Waals surface area (Å²) in [6.45, 7) is 6.31. The van der Waals surface area contributed by atoms with Gasteiger partial charge >= 0.3 is 0 Å². The van der Waals surface area contributed by atoms with Crippen molar-refractivity contribution in [3.05, 3.63) is 54.8 Å². The molecule has 2 unspecified atom stereocenters. The monoisotopic (exact) mass is 289 g/mol. The Bertz CT molecular complexity index is 660. The largest absolute Gasteiger partial charge is 0.273 e. The van der Waals surface area contributed by atoms with Crippen molar-refractivity contribution < 1.29 is 8.42 Å². The molecule has 0 saturated heterocycles. The molecule has 1 aromatic carbocycles. The van der Waals surface area contributed by atoms with Crippen LogP contribution in [0.4, 0.5) is 0 Å². The summed E-state index contributed by atoms with van der Waals surface area (Å²) < 4.78 is 26.8. The minimum Gasteiger partial charge on any atom is -0.273 e. The molecule has 1 heterocycles. The first-order valence-corrected chi connectivity index (χ1v) is 8.30. The highest BCUT2D eigenvalue weighted by molar-refractivity contribution is 7.89. The highest BCUT2D eigenvalue weighted by Crippen LogP contribution is 2.59. The van der Waals surface area contributed by atoms with Gasteiger partial charge in [-0.15, -0.1) is 6.58 Å². The van der Waals surface area contributed by atoms with Crippen LogP contribution in [0.2, 0.25) is 0 Å². The Morgan fingerprint density at radius 2 is 2.10 bits per heavy atom. The predicted molar refractivity (Wildman–Crippen MR) is 79.6 cm³/mol. The molecule has 1 aliphatic heterocycles. The Hall–Kier alpha value is -1.55. The van der Waals surface area contributed by atoms with Crippen molar-refractivity contribution >= 4 is 10.0 Å². The van der Waals surface area contributed by atoms with Gasteiger partial charge in [0, 0.05) is 12.7 Å². The van der Waals surface area contributed by atoms with Crippen LogP contribution < -0.4 is 0 Å². The van der Waals surface area contributed by atoms with Crippen LogP contribution in [0.3, 0.4) is 0 Å². The molecule has 2 aliphatic rings. The molecule has 2 atom stereocenters. The highest BCUT2D eigenvalue weighted by Gasteiger charge is 2.55. The lowest BCUT2D eigenvalue weighted by molar-refractivity contribution is 0.358. The van der Waals surface area contributed by atoms with Crippen LogP contribution in [0.15, 0.2) is 54.1 Å². The molecule has 1 aromatic rings. The van der Waals surface area contributed by atoms with E-state index in [1.54, 1.807) is 18.3 Å². The normalized spacial score (nSPS) is 28.1. The average molecular weight is 289 g/mol. The second-order valence-corrected chi connectivity index (χ2v) is 7.76. The molecule has 0 N–H and O–H groups in total. The van der Waals surface area contributed by atoms with Gasteiger partial charge in [-0.2, -0.15) is 0 Å². The number of hydrogen-bond acceptors (Lipinski definition) is 2. The number of benzene rings is 1. The van der Waals surface area contributed by atoms with Gasteiger partial charge in [0.05, 0.1) is 4.90 Å². The Kier molecular flexibility index (Phi) is 3.01. The number of rotatable bonds is 4. The van der Waals surface area contributed by atoms with E-state index in [9.17, 15) is 8.42 Å². The number of fused-ring (bicyclic) bond motifs is 1. The summed E-state index contributed by atoms with van der Waals surface area (Å²) in [4.78, 5) is 0.362. The molecule has 1 fully saturated rings. The van der Waals surface area contributed by atoms with Crippen LogP contribution in [0.1, 0.15) is 18.4 Å². The van der Waals surface area contributed by atoms with Gasteiger partial charge < -0.3 is 0 Å². The molecule has 3 rings (SSSR count). The van der Waals surface area contributed by atoms with Crippen molar-refractivity contribution in [2.45, 2.75) is 24.7 Å². The fourth-order valence-electron chi connectivity index (χ4n) is 2.99. The zero-order valence-corrected chi connectivity index (χ0v) is 12.4. The molecule has 0 bridgehead atoms. The van der Waals surface area contributed by atoms with Crippen LogP contribution >= 0.6 is 0 Å². The van der Waals surface area contributed by atoms with Crippen molar-refractivity contribution in [2.75, 3.05) is 6.54 Å². The number of hydrogen-bond donors (Lipinski definition) is 0. The summed E-state index contributed by atoms with van der Waals surface area (Å²) in [5.41, 5.74) is 1.15. The van der Waals surface area contributed by atoms with E-state index in [-0.39, 0.29) is 5.41 Å². The van der Waals surface area contributed by atoms with Crippen LogP contribution in [0.25, 0.3) is 0 Å². The second-order valence-electron chi connectivity index (χ2n) is 5.87. The quantitative estimate of drug-likeness (QED) is 0.799. The molecule has 3 nitrogen and oxygen atoms in total. The van der Waals surface area contributed by atoms with E-state index in [2.05, 4.69) is 6.58 Å². The Labute approximate surface area is 120 Å². The number of nitrogens with zero attached hydrogens (tertiary/aromatic N) is 1. The molecule has 0 amide bonds. The number of aryl methyl sites for hydroxylation is 1. The molecular formula is C16H19NO2S. The van der Waals surface area contributed by atoms with E-state index in [0.29, 0.717) is 17.4 Å². The fraction of sp³-hybridized carbons (Fsp3) is 0.375. The lowest BCUT2D eigenvalue weighted by atomic mass is 9.97. The first-order chi connectivity index (χ1) is 9.48. The standard InChI is InChI=1S/C16H19NO2S/c1-3-9-16-11-14(16)8-10-17(12-16)20(18,19)15-6-4-13(2)5-7-15/h3-8,10,14H,1,9,11-12H2,2H3. The maximum absolute atomic E-state index is 12.7. The molecular weight excluding hydrogens is 270 g/mol. The van der Waals surface area contributed by atoms with Gasteiger partial charge in [0.1, 0.15) is 0 Å². The molecule has 0 aromatic heterocycles. The van der Waals surface area contributed by atoms with Crippen LogP contribution in [0.5, 0.6) is 0 Å². The Balaban J connectivity index is 1.89. The van der Waals surface area contributed by atoms with Crippen molar-refractivity contribution in [1.29, 1.82) is 0 Å². The zero-order valence-electron chi connectivity index (χ0n) is 11.6. The molecule has 1 saturated carbocycles. The van der Waals surface area contributed by atoms with E-state index < -0.39 is 10.0 Å². The molecule has 0 spiro atoms. The smallest absolute Gasteiger partial charge is 0.263 e. The first kappa shape index (κ1) is 13.4. The van der Waals surface area contributed by atoms with Gasteiger partial charge in [-0.1, -0.05) is 29.8 Å². The molecule has 106 valence electrons. The summed E-state index contributed by atoms with van der Waals surface area (Å²) in [6, 6.07) is 7.02. The maximum atomic E-state index is 12.7. The lowest BCUT2D eigenvalue weighted by Gasteiger charge is -2.29.